The predicted octanol–water partition coefficient (Wildman–Crippen LogP) is 1.43. The second-order valence-electron chi connectivity index (χ2n) is 5.23. The minimum atomic E-state index is -3.63. The third kappa shape index (κ3) is 9.84. The SMILES string of the molecule is CCOP(=O)(O)CC[C@@H](O)C[C@@H](O)CNOCc1ccccc1. The summed E-state index contributed by atoms with van der Waals surface area (Å²) < 4.78 is 16.2. The van der Waals surface area contributed by atoms with Crippen LogP contribution in [0.4, 0.5) is 0 Å². The Morgan fingerprint density at radius 1 is 1.22 bits per heavy atom. The van der Waals surface area contributed by atoms with Crippen LogP contribution in [0.25, 0.3) is 0 Å². The van der Waals surface area contributed by atoms with Crippen molar-refractivity contribution in [3.63, 3.8) is 0 Å². The van der Waals surface area contributed by atoms with E-state index >= 15 is 0 Å². The summed E-state index contributed by atoms with van der Waals surface area (Å²) in [6.45, 7) is 2.31. The Kier molecular flexibility index (Phi) is 9.59. The number of aliphatic hydroxyl groups excluding tert-OH is 2. The molecule has 132 valence electrons. The molecule has 0 amide bonds. The van der Waals surface area contributed by atoms with Crippen LogP contribution in [0.5, 0.6) is 0 Å². The fraction of sp³-hybridized carbons (Fsp3) is 0.600. The Balaban J connectivity index is 2.13. The van der Waals surface area contributed by atoms with Crippen molar-refractivity contribution >= 4 is 7.60 Å². The van der Waals surface area contributed by atoms with Gasteiger partial charge in [0.05, 0.1) is 31.6 Å². The van der Waals surface area contributed by atoms with Gasteiger partial charge in [-0.3, -0.25) is 9.40 Å². The molecule has 1 aromatic carbocycles. The summed E-state index contributed by atoms with van der Waals surface area (Å²) in [5.41, 5.74) is 3.65. The fourth-order valence-corrected chi connectivity index (χ4v) is 3.11. The lowest BCUT2D eigenvalue weighted by Crippen LogP contribution is -2.30. The molecule has 0 fully saturated rings. The van der Waals surface area contributed by atoms with Gasteiger partial charge in [0, 0.05) is 13.0 Å². The smallest absolute Gasteiger partial charge is 0.328 e. The third-order valence-corrected chi connectivity index (χ3v) is 4.61. The van der Waals surface area contributed by atoms with Gasteiger partial charge in [-0.15, -0.1) is 0 Å². The molecule has 0 spiro atoms. The molecule has 4 N–H and O–H groups in total. The largest absolute Gasteiger partial charge is 0.393 e. The lowest BCUT2D eigenvalue weighted by atomic mass is 10.1. The summed E-state index contributed by atoms with van der Waals surface area (Å²) in [6.07, 6.45) is -1.64. The molecule has 0 saturated heterocycles. The van der Waals surface area contributed by atoms with E-state index in [1.807, 2.05) is 30.3 Å². The first-order chi connectivity index (χ1) is 10.9. The molecular weight excluding hydrogens is 321 g/mol. The van der Waals surface area contributed by atoms with Crippen molar-refractivity contribution in [2.45, 2.75) is 38.6 Å². The van der Waals surface area contributed by atoms with Crippen LogP contribution in [-0.4, -0.2) is 46.6 Å². The highest BCUT2D eigenvalue weighted by Gasteiger charge is 2.21. The molecule has 0 heterocycles. The van der Waals surface area contributed by atoms with E-state index in [1.165, 1.54) is 0 Å². The molecular formula is C15H26NO6P. The first kappa shape index (κ1) is 20.3. The highest BCUT2D eigenvalue weighted by atomic mass is 31.2. The van der Waals surface area contributed by atoms with Crippen LogP contribution in [0, 0.1) is 0 Å². The van der Waals surface area contributed by atoms with Crippen molar-refractivity contribution in [1.29, 1.82) is 0 Å². The number of rotatable bonds is 12. The van der Waals surface area contributed by atoms with Gasteiger partial charge in [0.15, 0.2) is 0 Å². The average molecular weight is 347 g/mol. The van der Waals surface area contributed by atoms with Gasteiger partial charge in [0.25, 0.3) is 0 Å². The lowest BCUT2D eigenvalue weighted by molar-refractivity contribution is -0.00797. The monoisotopic (exact) mass is 347 g/mol. The molecule has 0 bridgehead atoms. The van der Waals surface area contributed by atoms with Crippen molar-refractivity contribution in [3.05, 3.63) is 35.9 Å². The van der Waals surface area contributed by atoms with E-state index in [0.717, 1.165) is 5.56 Å². The van der Waals surface area contributed by atoms with Crippen LogP contribution in [-0.2, 0) is 20.5 Å². The van der Waals surface area contributed by atoms with Gasteiger partial charge in [-0.05, 0) is 18.9 Å². The van der Waals surface area contributed by atoms with Gasteiger partial charge in [0.2, 0.25) is 0 Å². The number of hydrogen-bond donors (Lipinski definition) is 4. The van der Waals surface area contributed by atoms with Crippen molar-refractivity contribution in [3.8, 4) is 0 Å². The Labute approximate surface area is 136 Å². The van der Waals surface area contributed by atoms with Crippen LogP contribution in [0.15, 0.2) is 30.3 Å². The average Bonchev–Trinajstić information content (AvgIpc) is 2.51. The van der Waals surface area contributed by atoms with E-state index in [0.29, 0.717) is 6.61 Å². The standard InChI is InChI=1S/C15H26NO6P/c1-2-22-23(19,20)9-8-14(17)10-15(18)11-16-21-12-13-6-4-3-5-7-13/h3-7,14-18H,2,8-12H2,1H3,(H,19,20)/t14-,15-/m1/s1. The zero-order valence-electron chi connectivity index (χ0n) is 13.3. The van der Waals surface area contributed by atoms with E-state index in [9.17, 15) is 19.7 Å². The highest BCUT2D eigenvalue weighted by Crippen LogP contribution is 2.42. The van der Waals surface area contributed by atoms with Gasteiger partial charge in [-0.1, -0.05) is 30.3 Å². The molecule has 1 unspecified atom stereocenters. The molecule has 0 saturated carbocycles. The second kappa shape index (κ2) is 10.9. The molecule has 23 heavy (non-hydrogen) atoms. The van der Waals surface area contributed by atoms with Crippen molar-refractivity contribution in [1.82, 2.24) is 5.48 Å². The van der Waals surface area contributed by atoms with Crippen LogP contribution in [0.1, 0.15) is 25.3 Å². The fourth-order valence-electron chi connectivity index (χ4n) is 1.96. The number of aliphatic hydroxyl groups is 2. The Hall–Kier alpha value is -0.790. The summed E-state index contributed by atoms with van der Waals surface area (Å²) in [5, 5.41) is 19.6. The van der Waals surface area contributed by atoms with Gasteiger partial charge in [-0.2, -0.15) is 5.48 Å². The maximum absolute atomic E-state index is 11.5. The topological polar surface area (TPSA) is 108 Å². The molecule has 1 aromatic rings. The minimum Gasteiger partial charge on any atom is -0.393 e. The maximum Gasteiger partial charge on any atom is 0.328 e. The number of nitrogens with one attached hydrogen (secondary N) is 1. The summed E-state index contributed by atoms with van der Waals surface area (Å²) >= 11 is 0. The second-order valence-corrected chi connectivity index (χ2v) is 7.21. The quantitative estimate of drug-likeness (QED) is 0.257. The predicted molar refractivity (Wildman–Crippen MR) is 86.8 cm³/mol. The molecule has 0 aromatic heterocycles. The number of hydrogen-bond acceptors (Lipinski definition) is 6. The van der Waals surface area contributed by atoms with Crippen LogP contribution in [0.2, 0.25) is 0 Å². The molecule has 0 aliphatic carbocycles. The first-order valence-electron chi connectivity index (χ1n) is 7.64. The van der Waals surface area contributed by atoms with Gasteiger partial charge in [-0.25, -0.2) is 0 Å². The first-order valence-corrected chi connectivity index (χ1v) is 9.40. The number of hydroxylamine groups is 1. The Morgan fingerprint density at radius 2 is 1.91 bits per heavy atom. The van der Waals surface area contributed by atoms with Crippen molar-refractivity contribution < 1.29 is 29.0 Å². The molecule has 0 radical (unpaired) electrons. The molecule has 0 aliphatic rings. The lowest BCUT2D eigenvalue weighted by Gasteiger charge is -2.17. The Bertz CT molecular complexity index is 472. The molecule has 7 nitrogen and oxygen atoms in total. The Morgan fingerprint density at radius 3 is 2.57 bits per heavy atom. The van der Waals surface area contributed by atoms with Gasteiger partial charge >= 0.3 is 7.60 Å². The van der Waals surface area contributed by atoms with E-state index in [1.54, 1.807) is 6.92 Å². The zero-order chi connectivity index (χ0) is 17.1. The highest BCUT2D eigenvalue weighted by molar-refractivity contribution is 7.52. The molecule has 8 heteroatoms. The van der Waals surface area contributed by atoms with Crippen molar-refractivity contribution in [2.24, 2.45) is 0 Å². The third-order valence-electron chi connectivity index (χ3n) is 3.12. The van der Waals surface area contributed by atoms with E-state index in [4.69, 9.17) is 9.36 Å². The van der Waals surface area contributed by atoms with Crippen LogP contribution >= 0.6 is 7.60 Å². The van der Waals surface area contributed by atoms with Gasteiger partial charge < -0.3 is 19.6 Å². The maximum atomic E-state index is 11.5. The van der Waals surface area contributed by atoms with Gasteiger partial charge in [0.1, 0.15) is 0 Å². The van der Waals surface area contributed by atoms with E-state index < -0.39 is 19.8 Å². The summed E-state index contributed by atoms with van der Waals surface area (Å²) in [6, 6.07) is 9.58. The van der Waals surface area contributed by atoms with Crippen molar-refractivity contribution in [2.75, 3.05) is 19.3 Å². The normalized spacial score (nSPS) is 16.7. The zero-order valence-corrected chi connectivity index (χ0v) is 14.2. The number of benzene rings is 1. The molecule has 1 rings (SSSR count). The van der Waals surface area contributed by atoms with Crippen LogP contribution < -0.4 is 5.48 Å². The van der Waals surface area contributed by atoms with E-state index in [2.05, 4.69) is 5.48 Å². The summed E-state index contributed by atoms with van der Waals surface area (Å²) in [5.74, 6) is 0. The minimum absolute atomic E-state index is 0.0911. The molecule has 3 atom stereocenters. The van der Waals surface area contributed by atoms with Crippen LogP contribution in [0.3, 0.4) is 0 Å². The van der Waals surface area contributed by atoms with E-state index in [-0.39, 0.29) is 32.2 Å². The molecule has 0 aliphatic heterocycles. The summed E-state index contributed by atoms with van der Waals surface area (Å²) in [4.78, 5) is 14.6. The summed E-state index contributed by atoms with van der Waals surface area (Å²) in [7, 11) is -3.63.